The third-order valence-electron chi connectivity index (χ3n) is 3.88. The molecule has 1 heterocycles. The number of nitrogens with zero attached hydrogens (tertiary/aromatic N) is 2. The van der Waals surface area contributed by atoms with Crippen LogP contribution in [-0.2, 0) is 11.2 Å². The average molecular weight is 358 g/mol. The number of carbonyl (C=O) groups is 1. The Morgan fingerprint density at radius 2 is 1.89 bits per heavy atom. The van der Waals surface area contributed by atoms with Gasteiger partial charge in [-0.1, -0.05) is 24.3 Å². The van der Waals surface area contributed by atoms with Crippen molar-refractivity contribution in [2.75, 3.05) is 17.7 Å². The summed E-state index contributed by atoms with van der Waals surface area (Å²) in [5.41, 5.74) is 2.72. The summed E-state index contributed by atoms with van der Waals surface area (Å²) in [4.78, 5) is 16.5. The second kappa shape index (κ2) is 8.50. The molecule has 0 unspecified atom stereocenters. The van der Waals surface area contributed by atoms with Crippen LogP contribution in [0.5, 0.6) is 5.75 Å². The van der Waals surface area contributed by atoms with E-state index in [0.717, 1.165) is 11.3 Å². The van der Waals surface area contributed by atoms with Gasteiger partial charge in [0.1, 0.15) is 17.6 Å². The molecule has 1 aromatic heterocycles. The van der Waals surface area contributed by atoms with Crippen molar-refractivity contribution in [3.05, 3.63) is 78.0 Å². The number of benzene rings is 2. The zero-order chi connectivity index (χ0) is 19.1. The summed E-state index contributed by atoms with van der Waals surface area (Å²) in [6.07, 6.45) is 1.84. The third-order valence-corrected chi connectivity index (χ3v) is 3.88. The van der Waals surface area contributed by atoms with Crippen LogP contribution in [0.1, 0.15) is 11.1 Å². The van der Waals surface area contributed by atoms with Gasteiger partial charge in [-0.2, -0.15) is 5.26 Å². The van der Waals surface area contributed by atoms with Gasteiger partial charge < -0.3 is 15.4 Å². The van der Waals surface area contributed by atoms with Crippen molar-refractivity contribution >= 4 is 23.1 Å². The van der Waals surface area contributed by atoms with E-state index >= 15 is 0 Å². The van der Waals surface area contributed by atoms with Gasteiger partial charge in [0.2, 0.25) is 5.91 Å². The van der Waals surface area contributed by atoms with E-state index < -0.39 is 0 Å². The molecule has 0 aliphatic rings. The fourth-order valence-corrected chi connectivity index (χ4v) is 2.50. The molecule has 0 radical (unpaired) electrons. The summed E-state index contributed by atoms with van der Waals surface area (Å²) in [7, 11) is 1.60. The average Bonchev–Trinajstić information content (AvgIpc) is 2.70. The second-order valence-corrected chi connectivity index (χ2v) is 5.79. The van der Waals surface area contributed by atoms with Gasteiger partial charge in [-0.25, -0.2) is 4.98 Å². The molecule has 0 atom stereocenters. The Labute approximate surface area is 157 Å². The molecule has 134 valence electrons. The van der Waals surface area contributed by atoms with Gasteiger partial charge in [0.25, 0.3) is 0 Å². The van der Waals surface area contributed by atoms with Crippen molar-refractivity contribution in [3.8, 4) is 11.8 Å². The van der Waals surface area contributed by atoms with Crippen molar-refractivity contribution in [1.82, 2.24) is 4.98 Å². The first kappa shape index (κ1) is 18.0. The Morgan fingerprint density at radius 3 is 2.56 bits per heavy atom. The second-order valence-electron chi connectivity index (χ2n) is 5.79. The first-order valence-electron chi connectivity index (χ1n) is 8.33. The lowest BCUT2D eigenvalue weighted by Crippen LogP contribution is -2.14. The lowest BCUT2D eigenvalue weighted by Gasteiger charge is -2.09. The van der Waals surface area contributed by atoms with Crippen LogP contribution < -0.4 is 15.4 Å². The quantitative estimate of drug-likeness (QED) is 0.698. The molecule has 27 heavy (non-hydrogen) atoms. The van der Waals surface area contributed by atoms with Crippen molar-refractivity contribution in [2.45, 2.75) is 6.42 Å². The molecule has 0 aliphatic heterocycles. The van der Waals surface area contributed by atoms with Crippen molar-refractivity contribution in [2.24, 2.45) is 0 Å². The fourth-order valence-electron chi connectivity index (χ4n) is 2.50. The summed E-state index contributed by atoms with van der Waals surface area (Å²) >= 11 is 0. The van der Waals surface area contributed by atoms with E-state index in [1.165, 1.54) is 0 Å². The minimum Gasteiger partial charge on any atom is -0.497 e. The minimum absolute atomic E-state index is 0.127. The number of pyridine rings is 1. The van der Waals surface area contributed by atoms with Gasteiger partial charge in [-0.3, -0.25) is 4.79 Å². The molecule has 0 aliphatic carbocycles. The number of carbonyl (C=O) groups excluding carboxylic acids is 1. The molecule has 0 bridgehead atoms. The van der Waals surface area contributed by atoms with Gasteiger partial charge in [0.05, 0.1) is 36.7 Å². The van der Waals surface area contributed by atoms with E-state index in [2.05, 4.69) is 21.7 Å². The molecule has 6 heteroatoms. The lowest BCUT2D eigenvalue weighted by molar-refractivity contribution is -0.115. The molecular weight excluding hydrogens is 340 g/mol. The predicted molar refractivity (Wildman–Crippen MR) is 104 cm³/mol. The van der Waals surface area contributed by atoms with E-state index in [1.54, 1.807) is 37.6 Å². The largest absolute Gasteiger partial charge is 0.497 e. The van der Waals surface area contributed by atoms with Crippen LogP contribution in [0.3, 0.4) is 0 Å². The van der Waals surface area contributed by atoms with Crippen LogP contribution >= 0.6 is 0 Å². The van der Waals surface area contributed by atoms with Crippen molar-refractivity contribution < 1.29 is 9.53 Å². The zero-order valence-electron chi connectivity index (χ0n) is 14.8. The van der Waals surface area contributed by atoms with Crippen molar-refractivity contribution in [3.63, 3.8) is 0 Å². The van der Waals surface area contributed by atoms with Crippen LogP contribution in [0.15, 0.2) is 66.9 Å². The number of nitriles is 1. The Morgan fingerprint density at radius 1 is 1.11 bits per heavy atom. The highest BCUT2D eigenvalue weighted by molar-refractivity contribution is 5.92. The maximum absolute atomic E-state index is 12.2. The summed E-state index contributed by atoms with van der Waals surface area (Å²) in [6.45, 7) is 0. The number of anilines is 3. The molecule has 2 N–H and O–H groups in total. The van der Waals surface area contributed by atoms with Gasteiger partial charge in [0.15, 0.2) is 0 Å². The van der Waals surface area contributed by atoms with Gasteiger partial charge in [0, 0.05) is 0 Å². The molecule has 0 fully saturated rings. The number of amides is 1. The molecule has 1 amide bonds. The molecule has 6 nitrogen and oxygen atoms in total. The summed E-state index contributed by atoms with van der Waals surface area (Å²) < 4.78 is 5.11. The van der Waals surface area contributed by atoms with Crippen LogP contribution in [0, 0.1) is 11.3 Å². The molecule has 0 saturated carbocycles. The van der Waals surface area contributed by atoms with Crippen LogP contribution in [-0.4, -0.2) is 18.0 Å². The van der Waals surface area contributed by atoms with E-state index in [4.69, 9.17) is 10.00 Å². The monoisotopic (exact) mass is 358 g/mol. The maximum Gasteiger partial charge on any atom is 0.228 e. The van der Waals surface area contributed by atoms with E-state index in [1.807, 2.05) is 36.4 Å². The maximum atomic E-state index is 12.2. The number of ether oxygens (including phenoxy) is 1. The lowest BCUT2D eigenvalue weighted by atomic mass is 10.1. The van der Waals surface area contributed by atoms with Crippen molar-refractivity contribution in [1.29, 1.82) is 5.26 Å². The summed E-state index contributed by atoms with van der Waals surface area (Å²) in [5.74, 6) is 1.22. The number of aromatic nitrogens is 1. The first-order chi connectivity index (χ1) is 13.2. The van der Waals surface area contributed by atoms with E-state index in [0.29, 0.717) is 22.8 Å². The Balaban J connectivity index is 1.60. The Bertz CT molecular complexity index is 961. The number of hydrogen-bond acceptors (Lipinski definition) is 5. The minimum atomic E-state index is -0.127. The molecule has 0 spiro atoms. The normalized spacial score (nSPS) is 9.93. The topological polar surface area (TPSA) is 87.0 Å². The predicted octanol–water partition coefficient (Wildman–Crippen LogP) is 3.89. The molecule has 0 saturated heterocycles. The van der Waals surface area contributed by atoms with Gasteiger partial charge >= 0.3 is 0 Å². The van der Waals surface area contributed by atoms with Gasteiger partial charge in [-0.05, 0) is 42.0 Å². The number of rotatable bonds is 6. The molecule has 3 aromatic rings. The summed E-state index contributed by atoms with van der Waals surface area (Å²) in [5, 5.41) is 15.0. The first-order valence-corrected chi connectivity index (χ1v) is 8.33. The highest BCUT2D eigenvalue weighted by Gasteiger charge is 2.06. The van der Waals surface area contributed by atoms with Crippen LogP contribution in [0.4, 0.5) is 17.2 Å². The Hall–Kier alpha value is -3.85. The third kappa shape index (κ3) is 4.83. The fraction of sp³-hybridized carbons (Fsp3) is 0.0952. The molecule has 2 aromatic carbocycles. The number of hydrogen-bond donors (Lipinski definition) is 2. The SMILES string of the molecule is COc1ccc(CC(=O)Nc2ccc(Nc3ccccc3C#N)nc2)cc1. The highest BCUT2D eigenvalue weighted by atomic mass is 16.5. The van der Waals surface area contributed by atoms with E-state index in [9.17, 15) is 4.79 Å². The zero-order valence-corrected chi connectivity index (χ0v) is 14.8. The number of para-hydroxylation sites is 1. The number of nitrogens with one attached hydrogen (secondary N) is 2. The molecule has 3 rings (SSSR count). The van der Waals surface area contributed by atoms with E-state index in [-0.39, 0.29) is 12.3 Å². The van der Waals surface area contributed by atoms with Gasteiger partial charge in [-0.15, -0.1) is 0 Å². The Kier molecular flexibility index (Phi) is 5.65. The van der Waals surface area contributed by atoms with Crippen LogP contribution in [0.25, 0.3) is 0 Å². The smallest absolute Gasteiger partial charge is 0.228 e. The highest BCUT2D eigenvalue weighted by Crippen LogP contribution is 2.20. The summed E-state index contributed by atoms with van der Waals surface area (Å²) in [6, 6.07) is 20.2. The molecular formula is C21H18N4O2. The standard InChI is InChI=1S/C21H18N4O2/c1-27-18-9-6-15(7-10-18)12-21(26)24-17-8-11-20(23-14-17)25-19-5-3-2-4-16(19)13-22/h2-11,14H,12H2,1H3,(H,23,25)(H,24,26). The van der Waals surface area contributed by atoms with Crippen LogP contribution in [0.2, 0.25) is 0 Å². The number of methoxy groups -OCH3 is 1.